The molecule has 1 saturated heterocycles. The van der Waals surface area contributed by atoms with Gasteiger partial charge in [-0.15, -0.1) is 11.3 Å². The second kappa shape index (κ2) is 6.20. The van der Waals surface area contributed by atoms with Crippen LogP contribution >= 0.6 is 23.1 Å². The van der Waals surface area contributed by atoms with E-state index in [0.717, 1.165) is 5.56 Å². The van der Waals surface area contributed by atoms with E-state index in [4.69, 9.17) is 5.41 Å². The Balaban J connectivity index is 1.78. The third-order valence-electron chi connectivity index (χ3n) is 3.02. The van der Waals surface area contributed by atoms with Crippen LogP contribution in [0.15, 0.2) is 59.0 Å². The van der Waals surface area contributed by atoms with Crippen molar-refractivity contribution in [2.24, 2.45) is 0 Å². The van der Waals surface area contributed by atoms with Crippen molar-refractivity contribution < 1.29 is 4.79 Å². The maximum Gasteiger partial charge on any atom is 0.186 e. The third-order valence-corrected chi connectivity index (χ3v) is 4.87. The number of nitrogens with one attached hydrogen (secondary N) is 1. The van der Waals surface area contributed by atoms with E-state index in [1.165, 1.54) is 23.1 Å². The molecule has 3 rings (SSSR count). The van der Waals surface area contributed by atoms with Gasteiger partial charge in [-0.2, -0.15) is 0 Å². The standard InChI is InChI=1S/C16H12N2OS2/c17-15-13(16-18-9-10-20-16)14(19)12(21-15)8-4-7-11-5-2-1-3-6-11/h1-10,13,17H/b7-4+,12-8-,17-15?/t13-/m1/s1. The second-order valence-electron chi connectivity index (χ2n) is 4.43. The van der Waals surface area contributed by atoms with Crippen LogP contribution in [0.2, 0.25) is 0 Å². The number of carbonyl (C=O) groups is 1. The number of thiazole rings is 1. The Morgan fingerprint density at radius 3 is 2.76 bits per heavy atom. The van der Waals surface area contributed by atoms with E-state index in [1.54, 1.807) is 12.3 Å². The fraction of sp³-hybridized carbons (Fsp3) is 0.0625. The van der Waals surface area contributed by atoms with E-state index in [9.17, 15) is 4.79 Å². The number of hydrogen-bond donors (Lipinski definition) is 1. The van der Waals surface area contributed by atoms with Crippen LogP contribution in [-0.4, -0.2) is 15.8 Å². The van der Waals surface area contributed by atoms with Crippen LogP contribution in [0.4, 0.5) is 0 Å². The van der Waals surface area contributed by atoms with Gasteiger partial charge in [0.1, 0.15) is 10.9 Å². The Morgan fingerprint density at radius 2 is 2.05 bits per heavy atom. The van der Waals surface area contributed by atoms with Crippen LogP contribution in [0.1, 0.15) is 16.5 Å². The molecule has 0 saturated carbocycles. The van der Waals surface area contributed by atoms with Crippen molar-refractivity contribution >= 4 is 40.0 Å². The molecule has 0 aliphatic carbocycles. The summed E-state index contributed by atoms with van der Waals surface area (Å²) < 4.78 is 0. The summed E-state index contributed by atoms with van der Waals surface area (Å²) in [5, 5.41) is 10.9. The van der Waals surface area contributed by atoms with Crippen LogP contribution < -0.4 is 0 Å². The Labute approximate surface area is 130 Å². The Kier molecular flexibility index (Phi) is 4.13. The number of nitrogens with zero attached hydrogens (tertiary/aromatic N) is 1. The molecule has 1 aliphatic rings. The second-order valence-corrected chi connectivity index (χ2v) is 6.44. The zero-order valence-electron chi connectivity index (χ0n) is 11.0. The lowest BCUT2D eigenvalue weighted by molar-refractivity contribution is -0.114. The van der Waals surface area contributed by atoms with Crippen molar-refractivity contribution in [1.82, 2.24) is 4.98 Å². The number of rotatable bonds is 3. The molecule has 0 spiro atoms. The van der Waals surface area contributed by atoms with Gasteiger partial charge in [0.05, 0.1) is 9.95 Å². The van der Waals surface area contributed by atoms with E-state index in [0.29, 0.717) is 15.0 Å². The minimum Gasteiger partial charge on any atom is -0.297 e. The fourth-order valence-corrected chi connectivity index (χ4v) is 3.77. The lowest BCUT2D eigenvalue weighted by atomic mass is 10.1. The average Bonchev–Trinajstić information content (AvgIpc) is 3.09. The Hall–Kier alpha value is -1.98. The summed E-state index contributed by atoms with van der Waals surface area (Å²) in [5.41, 5.74) is 1.08. The molecule has 3 nitrogen and oxygen atoms in total. The first kappa shape index (κ1) is 14.0. The number of Topliss-reactive ketones (excluding diaryl/α,β-unsaturated/α-hetero) is 1. The molecule has 1 aromatic carbocycles. The van der Waals surface area contributed by atoms with Crippen LogP contribution in [-0.2, 0) is 4.79 Å². The lowest BCUT2D eigenvalue weighted by Gasteiger charge is -2.00. The van der Waals surface area contributed by atoms with Gasteiger partial charge in [0.15, 0.2) is 5.78 Å². The first-order chi connectivity index (χ1) is 10.3. The number of ketones is 1. The van der Waals surface area contributed by atoms with Gasteiger partial charge >= 0.3 is 0 Å². The van der Waals surface area contributed by atoms with Crippen LogP contribution in [0.5, 0.6) is 0 Å². The average molecular weight is 312 g/mol. The smallest absolute Gasteiger partial charge is 0.186 e. The molecule has 21 heavy (non-hydrogen) atoms. The van der Waals surface area contributed by atoms with E-state index >= 15 is 0 Å². The van der Waals surface area contributed by atoms with Crippen LogP contribution in [0, 0.1) is 5.41 Å². The van der Waals surface area contributed by atoms with Crippen molar-refractivity contribution in [3.63, 3.8) is 0 Å². The van der Waals surface area contributed by atoms with E-state index in [2.05, 4.69) is 4.98 Å². The number of allylic oxidation sites excluding steroid dienone is 3. The quantitative estimate of drug-likeness (QED) is 0.867. The summed E-state index contributed by atoms with van der Waals surface area (Å²) >= 11 is 2.64. The summed E-state index contributed by atoms with van der Waals surface area (Å²) in [7, 11) is 0. The molecule has 1 aromatic heterocycles. The lowest BCUT2D eigenvalue weighted by Crippen LogP contribution is -2.11. The molecule has 0 bridgehead atoms. The molecule has 2 aromatic rings. The minimum atomic E-state index is -0.508. The molecule has 5 heteroatoms. The maximum atomic E-state index is 12.4. The number of thioether (sulfide) groups is 1. The van der Waals surface area contributed by atoms with Gasteiger partial charge in [-0.1, -0.05) is 54.2 Å². The molecule has 0 radical (unpaired) electrons. The first-order valence-corrected chi connectivity index (χ1v) is 8.08. The third kappa shape index (κ3) is 3.04. The van der Waals surface area contributed by atoms with Gasteiger partial charge in [0.25, 0.3) is 0 Å². The summed E-state index contributed by atoms with van der Waals surface area (Å²) in [4.78, 5) is 17.1. The normalized spacial score (nSPS) is 20.8. The molecule has 1 N–H and O–H groups in total. The SMILES string of the molecule is N=C1S/C(=C\C=C\c2ccccc2)C(=O)[C@H]1c1nccs1. The van der Waals surface area contributed by atoms with Crippen molar-refractivity contribution in [1.29, 1.82) is 5.41 Å². The molecule has 1 atom stereocenters. The Morgan fingerprint density at radius 1 is 1.24 bits per heavy atom. The van der Waals surface area contributed by atoms with Gasteiger partial charge in [-0.3, -0.25) is 10.2 Å². The first-order valence-electron chi connectivity index (χ1n) is 6.39. The predicted octanol–water partition coefficient (Wildman–Crippen LogP) is 4.12. The van der Waals surface area contributed by atoms with Crippen molar-refractivity contribution in [3.05, 3.63) is 69.5 Å². The number of hydrogen-bond acceptors (Lipinski definition) is 5. The van der Waals surface area contributed by atoms with Crippen LogP contribution in [0.3, 0.4) is 0 Å². The number of aromatic nitrogens is 1. The molecule has 1 aliphatic heterocycles. The van der Waals surface area contributed by atoms with Crippen molar-refractivity contribution in [2.75, 3.05) is 0 Å². The zero-order chi connectivity index (χ0) is 14.7. The highest BCUT2D eigenvalue weighted by Gasteiger charge is 2.37. The topological polar surface area (TPSA) is 53.8 Å². The van der Waals surface area contributed by atoms with Gasteiger partial charge < -0.3 is 0 Å². The summed E-state index contributed by atoms with van der Waals surface area (Å²) in [6, 6.07) is 9.90. The maximum absolute atomic E-state index is 12.4. The molecule has 0 amide bonds. The molecule has 0 unspecified atom stereocenters. The molecule has 2 heterocycles. The van der Waals surface area contributed by atoms with E-state index < -0.39 is 5.92 Å². The summed E-state index contributed by atoms with van der Waals surface area (Å²) in [6.45, 7) is 0. The fourth-order valence-electron chi connectivity index (χ4n) is 2.02. The number of carbonyl (C=O) groups excluding carboxylic acids is 1. The summed E-state index contributed by atoms with van der Waals surface area (Å²) in [5.74, 6) is -0.538. The van der Waals surface area contributed by atoms with E-state index in [1.807, 2.05) is 47.9 Å². The predicted molar refractivity (Wildman–Crippen MR) is 88.7 cm³/mol. The minimum absolute atomic E-state index is 0.0299. The molecule has 1 fully saturated rings. The molecule has 104 valence electrons. The van der Waals surface area contributed by atoms with Gasteiger partial charge in [0.2, 0.25) is 0 Å². The van der Waals surface area contributed by atoms with Gasteiger partial charge in [0, 0.05) is 11.6 Å². The summed E-state index contributed by atoms with van der Waals surface area (Å²) in [6.07, 6.45) is 7.25. The van der Waals surface area contributed by atoms with E-state index in [-0.39, 0.29) is 5.78 Å². The van der Waals surface area contributed by atoms with Crippen LogP contribution in [0.25, 0.3) is 6.08 Å². The highest BCUT2D eigenvalue weighted by molar-refractivity contribution is 8.18. The van der Waals surface area contributed by atoms with Crippen molar-refractivity contribution in [2.45, 2.75) is 5.92 Å². The van der Waals surface area contributed by atoms with Gasteiger partial charge in [-0.25, -0.2) is 4.98 Å². The highest BCUT2D eigenvalue weighted by Crippen LogP contribution is 2.40. The van der Waals surface area contributed by atoms with Crippen molar-refractivity contribution in [3.8, 4) is 0 Å². The Bertz CT molecular complexity index is 718. The zero-order valence-corrected chi connectivity index (χ0v) is 12.7. The number of benzene rings is 1. The highest BCUT2D eigenvalue weighted by atomic mass is 32.2. The van der Waals surface area contributed by atoms with Gasteiger partial charge in [-0.05, 0) is 11.6 Å². The largest absolute Gasteiger partial charge is 0.297 e. The molecular formula is C16H12N2OS2. The molecular weight excluding hydrogens is 300 g/mol. The monoisotopic (exact) mass is 312 g/mol.